The normalized spacial score (nSPS) is 11.1. The van der Waals surface area contributed by atoms with Crippen LogP contribution in [-0.2, 0) is 0 Å². The van der Waals surface area contributed by atoms with Gasteiger partial charge in [-0.15, -0.1) is 0 Å². The lowest BCUT2D eigenvalue weighted by molar-refractivity contribution is 1.25. The maximum atomic E-state index is 5.95. The highest BCUT2D eigenvalue weighted by molar-refractivity contribution is 6.31. The summed E-state index contributed by atoms with van der Waals surface area (Å²) >= 11 is 5.95. The van der Waals surface area contributed by atoms with Gasteiger partial charge in [0.25, 0.3) is 0 Å². The van der Waals surface area contributed by atoms with Gasteiger partial charge < -0.3 is 11.5 Å². The molecule has 0 aliphatic heterocycles. The third-order valence-corrected chi connectivity index (χ3v) is 2.93. The summed E-state index contributed by atoms with van der Waals surface area (Å²) in [6.07, 6.45) is 0. The first kappa shape index (κ1) is 10.1. The molecule has 0 fully saturated rings. The van der Waals surface area contributed by atoms with Gasteiger partial charge in [-0.25, -0.2) is 4.98 Å². The van der Waals surface area contributed by atoms with Gasteiger partial charge in [0.05, 0.1) is 5.52 Å². The maximum Gasteiger partial charge on any atom is 0.222 e. The van der Waals surface area contributed by atoms with E-state index in [1.165, 1.54) is 0 Å². The van der Waals surface area contributed by atoms with E-state index in [1.807, 2.05) is 30.3 Å². The van der Waals surface area contributed by atoms with E-state index >= 15 is 0 Å². The quantitative estimate of drug-likeness (QED) is 0.596. The first-order valence-corrected chi connectivity index (χ1v) is 5.44. The van der Waals surface area contributed by atoms with Crippen LogP contribution < -0.4 is 11.5 Å². The molecule has 0 unspecified atom stereocenters. The van der Waals surface area contributed by atoms with Gasteiger partial charge in [-0.3, -0.25) is 0 Å². The molecule has 5 heteroatoms. The van der Waals surface area contributed by atoms with Gasteiger partial charge >= 0.3 is 0 Å². The Balaban J connectivity index is 2.55. The number of anilines is 2. The third kappa shape index (κ3) is 1.54. The second kappa shape index (κ2) is 3.46. The number of benzene rings is 2. The summed E-state index contributed by atoms with van der Waals surface area (Å²) in [6, 6.07) is 9.43. The van der Waals surface area contributed by atoms with Gasteiger partial charge in [0.1, 0.15) is 5.82 Å². The molecule has 0 saturated carbocycles. The Morgan fingerprint density at radius 3 is 2.53 bits per heavy atom. The lowest BCUT2D eigenvalue weighted by Crippen LogP contribution is -2.00. The van der Waals surface area contributed by atoms with Crippen LogP contribution in [0.25, 0.3) is 21.7 Å². The predicted molar refractivity (Wildman–Crippen MR) is 70.9 cm³/mol. The van der Waals surface area contributed by atoms with Crippen molar-refractivity contribution in [2.75, 3.05) is 11.5 Å². The Morgan fingerprint density at radius 2 is 1.71 bits per heavy atom. The molecule has 3 rings (SSSR count). The van der Waals surface area contributed by atoms with E-state index in [4.69, 9.17) is 23.1 Å². The van der Waals surface area contributed by atoms with E-state index in [0.717, 1.165) is 21.7 Å². The Morgan fingerprint density at radius 1 is 0.941 bits per heavy atom. The van der Waals surface area contributed by atoms with E-state index in [1.54, 1.807) is 0 Å². The number of halogens is 1. The largest absolute Gasteiger partial charge is 0.383 e. The molecule has 4 N–H and O–H groups in total. The maximum absolute atomic E-state index is 5.95. The van der Waals surface area contributed by atoms with Gasteiger partial charge in [0, 0.05) is 15.8 Å². The number of hydrogen-bond acceptors (Lipinski definition) is 4. The zero-order valence-electron chi connectivity index (χ0n) is 8.81. The molecule has 17 heavy (non-hydrogen) atoms. The van der Waals surface area contributed by atoms with E-state index in [-0.39, 0.29) is 5.95 Å². The van der Waals surface area contributed by atoms with Crippen molar-refractivity contribution in [2.24, 2.45) is 0 Å². The van der Waals surface area contributed by atoms with Crippen molar-refractivity contribution < 1.29 is 0 Å². The highest BCUT2D eigenvalue weighted by Gasteiger charge is 2.07. The molecule has 0 atom stereocenters. The van der Waals surface area contributed by atoms with Crippen LogP contribution in [0.4, 0.5) is 11.8 Å². The summed E-state index contributed by atoms with van der Waals surface area (Å²) < 4.78 is 0. The molecule has 0 aliphatic rings. The average molecular weight is 245 g/mol. The lowest BCUT2D eigenvalue weighted by atomic mass is 10.1. The van der Waals surface area contributed by atoms with Crippen LogP contribution >= 0.6 is 11.6 Å². The van der Waals surface area contributed by atoms with Crippen LogP contribution in [0.5, 0.6) is 0 Å². The van der Waals surface area contributed by atoms with Crippen LogP contribution in [0.15, 0.2) is 30.3 Å². The molecule has 0 radical (unpaired) electrons. The van der Waals surface area contributed by atoms with Gasteiger partial charge in [0.2, 0.25) is 5.95 Å². The fourth-order valence-corrected chi connectivity index (χ4v) is 2.12. The molecule has 2 aromatic carbocycles. The van der Waals surface area contributed by atoms with Crippen LogP contribution in [0.2, 0.25) is 5.02 Å². The number of hydrogen-bond donors (Lipinski definition) is 2. The van der Waals surface area contributed by atoms with Crippen LogP contribution in [0.1, 0.15) is 0 Å². The van der Waals surface area contributed by atoms with Crippen molar-refractivity contribution in [3.63, 3.8) is 0 Å². The summed E-state index contributed by atoms with van der Waals surface area (Å²) in [5.74, 6) is 0.571. The minimum absolute atomic E-state index is 0.178. The second-order valence-corrected chi connectivity index (χ2v) is 4.23. The predicted octanol–water partition coefficient (Wildman–Crippen LogP) is 2.60. The smallest absolute Gasteiger partial charge is 0.222 e. The summed E-state index contributed by atoms with van der Waals surface area (Å²) in [4.78, 5) is 8.18. The van der Waals surface area contributed by atoms with Gasteiger partial charge in [-0.1, -0.05) is 23.7 Å². The molecule has 1 heterocycles. The summed E-state index contributed by atoms with van der Waals surface area (Å²) in [5, 5.41) is 3.45. The Bertz CT molecular complexity index is 739. The standard InChI is InChI=1S/C12H9ClN4/c13-7-2-4-8-6(5-7)1-3-9-10(8)16-12(15)17-11(9)14/h1-5H,(H4,14,15,16,17). The van der Waals surface area contributed by atoms with E-state index in [2.05, 4.69) is 9.97 Å². The zero-order valence-corrected chi connectivity index (χ0v) is 9.57. The van der Waals surface area contributed by atoms with Crippen molar-refractivity contribution >= 4 is 45.0 Å². The molecular weight excluding hydrogens is 236 g/mol. The van der Waals surface area contributed by atoms with E-state index < -0.39 is 0 Å². The number of nitrogens with two attached hydrogens (primary N) is 2. The Kier molecular flexibility index (Phi) is 2.06. The first-order valence-electron chi connectivity index (χ1n) is 5.06. The van der Waals surface area contributed by atoms with E-state index in [9.17, 15) is 0 Å². The highest BCUT2D eigenvalue weighted by atomic mass is 35.5. The number of nitrogen functional groups attached to an aromatic ring is 2. The van der Waals surface area contributed by atoms with E-state index in [0.29, 0.717) is 10.8 Å². The van der Waals surface area contributed by atoms with Crippen molar-refractivity contribution in [1.29, 1.82) is 0 Å². The van der Waals surface area contributed by atoms with Crippen LogP contribution in [0.3, 0.4) is 0 Å². The van der Waals surface area contributed by atoms with Crippen LogP contribution in [-0.4, -0.2) is 9.97 Å². The lowest BCUT2D eigenvalue weighted by Gasteiger charge is -2.06. The fourth-order valence-electron chi connectivity index (χ4n) is 1.93. The molecule has 84 valence electrons. The van der Waals surface area contributed by atoms with Crippen molar-refractivity contribution in [1.82, 2.24) is 9.97 Å². The first-order chi connectivity index (χ1) is 8.15. The minimum Gasteiger partial charge on any atom is -0.383 e. The Hall–Kier alpha value is -2.07. The fraction of sp³-hybridized carbons (Fsp3) is 0. The van der Waals surface area contributed by atoms with Crippen molar-refractivity contribution in [3.05, 3.63) is 35.4 Å². The van der Waals surface area contributed by atoms with Gasteiger partial charge in [-0.2, -0.15) is 4.98 Å². The molecule has 1 aromatic heterocycles. The van der Waals surface area contributed by atoms with Crippen molar-refractivity contribution in [2.45, 2.75) is 0 Å². The second-order valence-electron chi connectivity index (χ2n) is 3.79. The highest BCUT2D eigenvalue weighted by Crippen LogP contribution is 2.28. The van der Waals surface area contributed by atoms with Gasteiger partial charge in [0.15, 0.2) is 0 Å². The number of rotatable bonds is 0. The molecule has 0 spiro atoms. The SMILES string of the molecule is Nc1nc(N)c2ccc3cc(Cl)ccc3c2n1. The summed E-state index contributed by atoms with van der Waals surface area (Å²) in [6.45, 7) is 0. The number of nitrogens with zero attached hydrogens (tertiary/aromatic N) is 2. The molecule has 3 aromatic rings. The van der Waals surface area contributed by atoms with Crippen LogP contribution in [0, 0.1) is 0 Å². The monoisotopic (exact) mass is 244 g/mol. The molecular formula is C12H9ClN4. The molecule has 0 aliphatic carbocycles. The van der Waals surface area contributed by atoms with Gasteiger partial charge in [-0.05, 0) is 23.6 Å². The Labute approximate surface area is 102 Å². The number of fused-ring (bicyclic) bond motifs is 3. The molecule has 0 saturated heterocycles. The zero-order chi connectivity index (χ0) is 12.0. The molecule has 0 amide bonds. The number of aromatic nitrogens is 2. The summed E-state index contributed by atoms with van der Waals surface area (Å²) in [5.41, 5.74) is 12.2. The molecule has 4 nitrogen and oxygen atoms in total. The average Bonchev–Trinajstić information content (AvgIpc) is 2.27. The topological polar surface area (TPSA) is 77.8 Å². The third-order valence-electron chi connectivity index (χ3n) is 2.69. The summed E-state index contributed by atoms with van der Waals surface area (Å²) in [7, 11) is 0. The minimum atomic E-state index is 0.178. The molecule has 0 bridgehead atoms. The van der Waals surface area contributed by atoms with Crippen molar-refractivity contribution in [3.8, 4) is 0 Å².